The highest BCUT2D eigenvalue weighted by Gasteiger charge is 2.05. The van der Waals surface area contributed by atoms with E-state index >= 15 is 0 Å². The highest BCUT2D eigenvalue weighted by Crippen LogP contribution is 2.20. The molecule has 0 bridgehead atoms. The maximum atomic E-state index is 12.9. The van der Waals surface area contributed by atoms with Crippen molar-refractivity contribution >= 4 is 11.6 Å². The summed E-state index contributed by atoms with van der Waals surface area (Å²) >= 11 is 5.74. The van der Waals surface area contributed by atoms with Gasteiger partial charge in [0.1, 0.15) is 5.82 Å². The van der Waals surface area contributed by atoms with Gasteiger partial charge in [0.05, 0.1) is 5.02 Å². The van der Waals surface area contributed by atoms with Crippen LogP contribution in [-0.2, 0) is 6.54 Å². The van der Waals surface area contributed by atoms with E-state index in [4.69, 9.17) is 11.6 Å². The van der Waals surface area contributed by atoms with Gasteiger partial charge >= 0.3 is 0 Å². The van der Waals surface area contributed by atoms with Crippen molar-refractivity contribution in [2.45, 2.75) is 6.54 Å². The number of hydrogen-bond acceptors (Lipinski definition) is 1. The van der Waals surface area contributed by atoms with Gasteiger partial charge in [0.25, 0.3) is 0 Å². The number of halogens is 2. The minimum atomic E-state index is -0.351. The van der Waals surface area contributed by atoms with E-state index in [0.717, 1.165) is 5.56 Å². The van der Waals surface area contributed by atoms with Crippen molar-refractivity contribution in [3.8, 4) is 0 Å². The molecule has 0 N–H and O–H groups in total. The second-order valence-electron chi connectivity index (χ2n) is 2.95. The first-order valence-electron chi connectivity index (χ1n) is 3.69. The van der Waals surface area contributed by atoms with Crippen molar-refractivity contribution in [1.29, 1.82) is 0 Å². The molecule has 0 radical (unpaired) electrons. The average Bonchev–Trinajstić information content (AvgIpc) is 1.98. The molecule has 0 aliphatic heterocycles. The van der Waals surface area contributed by atoms with Crippen LogP contribution in [0.25, 0.3) is 0 Å². The van der Waals surface area contributed by atoms with Gasteiger partial charge in [0.15, 0.2) is 0 Å². The molecule has 0 aromatic heterocycles. The van der Waals surface area contributed by atoms with E-state index in [1.807, 2.05) is 25.1 Å². The molecule has 0 aliphatic carbocycles. The van der Waals surface area contributed by atoms with Gasteiger partial charge in [-0.2, -0.15) is 0 Å². The summed E-state index contributed by atoms with van der Waals surface area (Å²) < 4.78 is 12.9. The summed E-state index contributed by atoms with van der Waals surface area (Å²) in [5.74, 6) is -0.351. The average molecular weight is 188 g/mol. The molecule has 66 valence electrons. The van der Waals surface area contributed by atoms with Gasteiger partial charge < -0.3 is 4.90 Å². The second-order valence-corrected chi connectivity index (χ2v) is 3.33. The fraction of sp³-hybridized carbons (Fsp3) is 0.333. The monoisotopic (exact) mass is 187 g/mol. The zero-order valence-electron chi connectivity index (χ0n) is 7.14. The molecule has 1 rings (SSSR count). The van der Waals surface area contributed by atoms with Gasteiger partial charge in [0, 0.05) is 6.54 Å². The molecule has 1 nitrogen and oxygen atoms in total. The lowest BCUT2D eigenvalue weighted by Crippen LogP contribution is -2.11. The molecule has 0 saturated carbocycles. The fourth-order valence-corrected chi connectivity index (χ4v) is 1.20. The molecule has 0 heterocycles. The Balaban J connectivity index is 2.92. The van der Waals surface area contributed by atoms with Crippen LogP contribution in [0.15, 0.2) is 18.2 Å². The van der Waals surface area contributed by atoms with Crippen LogP contribution < -0.4 is 0 Å². The smallest absolute Gasteiger partial charge is 0.142 e. The molecule has 0 aliphatic rings. The Morgan fingerprint density at radius 2 is 2.08 bits per heavy atom. The highest BCUT2D eigenvalue weighted by atomic mass is 35.5. The van der Waals surface area contributed by atoms with Crippen LogP contribution in [0.5, 0.6) is 0 Å². The largest absolute Gasteiger partial charge is 0.305 e. The number of rotatable bonds is 2. The molecule has 0 amide bonds. The van der Waals surface area contributed by atoms with Crippen molar-refractivity contribution in [2.75, 3.05) is 14.1 Å². The summed E-state index contributed by atoms with van der Waals surface area (Å²) in [5.41, 5.74) is 0.821. The molecular formula is C9H11ClFN. The first-order valence-corrected chi connectivity index (χ1v) is 4.06. The SMILES string of the molecule is CN(C)Cc1cccc(F)c1Cl. The first kappa shape index (κ1) is 9.49. The summed E-state index contributed by atoms with van der Waals surface area (Å²) in [4.78, 5) is 1.95. The topological polar surface area (TPSA) is 3.24 Å². The lowest BCUT2D eigenvalue weighted by molar-refractivity contribution is 0.401. The Morgan fingerprint density at radius 3 is 2.67 bits per heavy atom. The predicted molar refractivity (Wildman–Crippen MR) is 48.8 cm³/mol. The normalized spacial score (nSPS) is 10.8. The van der Waals surface area contributed by atoms with E-state index in [9.17, 15) is 4.39 Å². The minimum absolute atomic E-state index is 0.228. The quantitative estimate of drug-likeness (QED) is 0.688. The van der Waals surface area contributed by atoms with Crippen molar-refractivity contribution in [1.82, 2.24) is 4.90 Å². The van der Waals surface area contributed by atoms with Crippen molar-refractivity contribution in [3.63, 3.8) is 0 Å². The first-order chi connectivity index (χ1) is 5.61. The van der Waals surface area contributed by atoms with Gasteiger partial charge in [-0.1, -0.05) is 23.7 Å². The standard InChI is InChI=1S/C9H11ClFN/c1-12(2)6-7-4-3-5-8(11)9(7)10/h3-5H,6H2,1-2H3. The van der Waals surface area contributed by atoms with Gasteiger partial charge in [-0.25, -0.2) is 4.39 Å². The lowest BCUT2D eigenvalue weighted by atomic mass is 10.2. The summed E-state index contributed by atoms with van der Waals surface area (Å²) in [6, 6.07) is 4.85. The molecule has 0 atom stereocenters. The second kappa shape index (κ2) is 3.87. The molecule has 1 aromatic carbocycles. The maximum absolute atomic E-state index is 12.9. The van der Waals surface area contributed by atoms with Crippen LogP contribution in [0.2, 0.25) is 5.02 Å². The fourth-order valence-electron chi connectivity index (χ4n) is 1.01. The number of nitrogens with zero attached hydrogens (tertiary/aromatic N) is 1. The molecule has 12 heavy (non-hydrogen) atoms. The highest BCUT2D eigenvalue weighted by molar-refractivity contribution is 6.31. The Hall–Kier alpha value is -0.600. The van der Waals surface area contributed by atoms with E-state index in [2.05, 4.69) is 0 Å². The van der Waals surface area contributed by atoms with E-state index in [0.29, 0.717) is 6.54 Å². The number of benzene rings is 1. The van der Waals surface area contributed by atoms with E-state index in [1.54, 1.807) is 6.07 Å². The predicted octanol–water partition coefficient (Wildman–Crippen LogP) is 2.54. The molecular weight excluding hydrogens is 177 g/mol. The summed E-state index contributed by atoms with van der Waals surface area (Å²) in [6.07, 6.45) is 0. The maximum Gasteiger partial charge on any atom is 0.142 e. The van der Waals surface area contributed by atoms with E-state index < -0.39 is 0 Å². The third-order valence-corrected chi connectivity index (χ3v) is 1.94. The van der Waals surface area contributed by atoms with Gasteiger partial charge in [-0.05, 0) is 25.7 Å². The summed E-state index contributed by atoms with van der Waals surface area (Å²) in [7, 11) is 3.84. The molecule has 3 heteroatoms. The van der Waals surface area contributed by atoms with Gasteiger partial charge in [-0.15, -0.1) is 0 Å². The zero-order valence-corrected chi connectivity index (χ0v) is 7.90. The Kier molecular flexibility index (Phi) is 3.06. The molecule has 0 fully saturated rings. The molecule has 0 saturated heterocycles. The third-order valence-electron chi connectivity index (χ3n) is 1.52. The van der Waals surface area contributed by atoms with Crippen molar-refractivity contribution in [2.24, 2.45) is 0 Å². The van der Waals surface area contributed by atoms with Crippen molar-refractivity contribution < 1.29 is 4.39 Å². The van der Waals surface area contributed by atoms with E-state index in [-0.39, 0.29) is 10.8 Å². The third kappa shape index (κ3) is 2.19. The van der Waals surface area contributed by atoms with Crippen LogP contribution in [0.3, 0.4) is 0 Å². The van der Waals surface area contributed by atoms with Crippen molar-refractivity contribution in [3.05, 3.63) is 34.6 Å². The molecule has 1 aromatic rings. The van der Waals surface area contributed by atoms with Crippen LogP contribution >= 0.6 is 11.6 Å². The van der Waals surface area contributed by atoms with Crippen LogP contribution in [-0.4, -0.2) is 19.0 Å². The van der Waals surface area contributed by atoms with E-state index in [1.165, 1.54) is 6.07 Å². The lowest BCUT2D eigenvalue weighted by Gasteiger charge is -2.10. The van der Waals surface area contributed by atoms with Crippen LogP contribution in [0, 0.1) is 5.82 Å². The Bertz CT molecular complexity index is 273. The number of hydrogen-bond donors (Lipinski definition) is 0. The van der Waals surface area contributed by atoms with Gasteiger partial charge in [0.2, 0.25) is 0 Å². The van der Waals surface area contributed by atoms with Crippen LogP contribution in [0.4, 0.5) is 4.39 Å². The Morgan fingerprint density at radius 1 is 1.42 bits per heavy atom. The minimum Gasteiger partial charge on any atom is -0.305 e. The molecule has 0 unspecified atom stereocenters. The van der Waals surface area contributed by atoms with Crippen LogP contribution in [0.1, 0.15) is 5.56 Å². The van der Waals surface area contributed by atoms with Gasteiger partial charge in [-0.3, -0.25) is 0 Å². The molecule has 0 spiro atoms. The zero-order chi connectivity index (χ0) is 9.14. The Labute approximate surface area is 76.8 Å². The summed E-state index contributed by atoms with van der Waals surface area (Å²) in [5, 5.41) is 0.228. The summed E-state index contributed by atoms with van der Waals surface area (Å²) in [6.45, 7) is 0.663.